The van der Waals surface area contributed by atoms with Crippen LogP contribution in [0.5, 0.6) is 0 Å². The lowest BCUT2D eigenvalue weighted by Gasteiger charge is -2.38. The zero-order valence-electron chi connectivity index (χ0n) is 17.4. The highest BCUT2D eigenvalue weighted by Crippen LogP contribution is 2.38. The second kappa shape index (κ2) is 8.62. The summed E-state index contributed by atoms with van der Waals surface area (Å²) in [5.74, 6) is 0.0220. The van der Waals surface area contributed by atoms with Crippen LogP contribution in [0.1, 0.15) is 30.1 Å². The van der Waals surface area contributed by atoms with Crippen molar-refractivity contribution in [2.45, 2.75) is 19.8 Å². The predicted octanol–water partition coefficient (Wildman–Crippen LogP) is 4.05. The molecular weight excluding hydrogens is 418 g/mol. The number of pyridine rings is 1. The molecule has 0 unspecified atom stereocenters. The molecule has 0 spiro atoms. The van der Waals surface area contributed by atoms with Crippen LogP contribution >= 0.6 is 23.5 Å². The fraction of sp³-hybridized carbons (Fsp3) is 0.500. The third kappa shape index (κ3) is 4.09. The molecule has 0 N–H and O–H groups in total. The Hall–Kier alpha value is -2.01. The first kappa shape index (κ1) is 21.2. The SMILES string of the molecule is CSN1CCN(C(=O)c2cnc3ccc(Cl)cc3c2N2CCC(C)(C#N)CC2)CC1. The van der Waals surface area contributed by atoms with E-state index in [1.54, 1.807) is 18.1 Å². The third-order valence-electron chi connectivity index (χ3n) is 6.27. The van der Waals surface area contributed by atoms with Crippen LogP contribution in [0.15, 0.2) is 24.4 Å². The van der Waals surface area contributed by atoms with E-state index in [0.29, 0.717) is 23.7 Å². The van der Waals surface area contributed by atoms with E-state index in [9.17, 15) is 10.1 Å². The predicted molar refractivity (Wildman–Crippen MR) is 123 cm³/mol. The van der Waals surface area contributed by atoms with Gasteiger partial charge >= 0.3 is 0 Å². The number of halogens is 1. The fourth-order valence-electron chi connectivity index (χ4n) is 4.23. The number of anilines is 1. The van der Waals surface area contributed by atoms with Crippen molar-refractivity contribution >= 4 is 46.0 Å². The van der Waals surface area contributed by atoms with Crippen LogP contribution in [-0.4, -0.2) is 65.6 Å². The summed E-state index contributed by atoms with van der Waals surface area (Å²) in [6.45, 7) is 6.62. The molecule has 2 aromatic rings. The van der Waals surface area contributed by atoms with Gasteiger partial charge in [-0.05, 0) is 44.2 Å². The van der Waals surface area contributed by atoms with Crippen molar-refractivity contribution in [2.24, 2.45) is 5.41 Å². The van der Waals surface area contributed by atoms with Gasteiger partial charge in [0.1, 0.15) is 0 Å². The molecule has 2 aliphatic heterocycles. The number of rotatable bonds is 3. The van der Waals surface area contributed by atoms with Crippen LogP contribution < -0.4 is 4.90 Å². The fourth-order valence-corrected chi connectivity index (χ4v) is 4.93. The van der Waals surface area contributed by atoms with Crippen LogP contribution in [0.4, 0.5) is 5.69 Å². The molecule has 0 bridgehead atoms. The van der Waals surface area contributed by atoms with Crippen molar-refractivity contribution in [3.8, 4) is 6.07 Å². The number of fused-ring (bicyclic) bond motifs is 1. The van der Waals surface area contributed by atoms with Crippen molar-refractivity contribution in [3.05, 3.63) is 35.0 Å². The van der Waals surface area contributed by atoms with Crippen molar-refractivity contribution in [3.63, 3.8) is 0 Å². The molecule has 8 heteroatoms. The highest BCUT2D eigenvalue weighted by molar-refractivity contribution is 7.96. The number of hydrogen-bond donors (Lipinski definition) is 0. The van der Waals surface area contributed by atoms with Crippen molar-refractivity contribution in [2.75, 3.05) is 50.4 Å². The Morgan fingerprint density at radius 1 is 1.20 bits per heavy atom. The molecule has 2 saturated heterocycles. The number of aromatic nitrogens is 1. The molecule has 1 aromatic heterocycles. The maximum Gasteiger partial charge on any atom is 0.257 e. The molecule has 0 saturated carbocycles. The standard InChI is InChI=1S/C22H26ClN5OS/c1-22(15-24)5-7-26(8-6-22)20-17-13-16(23)3-4-19(17)25-14-18(20)21(29)27-9-11-28(30-2)12-10-27/h3-4,13-14H,5-12H2,1-2H3. The smallest absolute Gasteiger partial charge is 0.257 e. The van der Waals surface area contributed by atoms with E-state index in [1.807, 2.05) is 30.0 Å². The monoisotopic (exact) mass is 443 g/mol. The molecular formula is C22H26ClN5OS. The van der Waals surface area contributed by atoms with Crippen molar-refractivity contribution in [1.82, 2.24) is 14.2 Å². The number of amides is 1. The number of carbonyl (C=O) groups excluding carboxylic acids is 1. The lowest BCUT2D eigenvalue weighted by Crippen LogP contribution is -2.47. The van der Waals surface area contributed by atoms with E-state index >= 15 is 0 Å². The molecule has 4 rings (SSSR count). The van der Waals surface area contributed by atoms with Gasteiger partial charge in [-0.2, -0.15) is 5.26 Å². The van der Waals surface area contributed by atoms with Gasteiger partial charge in [0.2, 0.25) is 0 Å². The van der Waals surface area contributed by atoms with Gasteiger partial charge in [-0.25, -0.2) is 4.31 Å². The topological polar surface area (TPSA) is 63.5 Å². The van der Waals surface area contributed by atoms with Gasteiger partial charge in [0, 0.05) is 55.9 Å². The number of carbonyl (C=O) groups is 1. The molecule has 6 nitrogen and oxygen atoms in total. The van der Waals surface area contributed by atoms with Gasteiger partial charge in [-0.1, -0.05) is 23.5 Å². The van der Waals surface area contributed by atoms with Gasteiger partial charge in [0.25, 0.3) is 5.91 Å². The maximum absolute atomic E-state index is 13.5. The van der Waals surface area contributed by atoms with E-state index in [4.69, 9.17) is 11.6 Å². The molecule has 30 heavy (non-hydrogen) atoms. The molecule has 0 aliphatic carbocycles. The first-order valence-corrected chi connectivity index (χ1v) is 11.8. The van der Waals surface area contributed by atoms with Crippen LogP contribution in [0.25, 0.3) is 10.9 Å². The number of nitrogens with zero attached hydrogens (tertiary/aromatic N) is 5. The average Bonchev–Trinajstić information content (AvgIpc) is 2.78. The van der Waals surface area contributed by atoms with Crippen LogP contribution in [0.2, 0.25) is 5.02 Å². The number of benzene rings is 1. The largest absolute Gasteiger partial charge is 0.370 e. The Labute approximate surface area is 186 Å². The summed E-state index contributed by atoms with van der Waals surface area (Å²) in [6, 6.07) is 8.08. The molecule has 2 fully saturated rings. The molecule has 3 heterocycles. The first-order chi connectivity index (χ1) is 14.4. The number of nitriles is 1. The average molecular weight is 444 g/mol. The molecule has 1 amide bonds. The number of hydrogen-bond acceptors (Lipinski definition) is 6. The summed E-state index contributed by atoms with van der Waals surface area (Å²) in [7, 11) is 0. The Kier molecular flexibility index (Phi) is 6.10. The van der Waals surface area contributed by atoms with E-state index in [2.05, 4.69) is 26.5 Å². The minimum atomic E-state index is -0.310. The normalized spacial score (nSPS) is 19.7. The lowest BCUT2D eigenvalue weighted by molar-refractivity contribution is 0.0704. The Morgan fingerprint density at radius 2 is 1.90 bits per heavy atom. The minimum Gasteiger partial charge on any atom is -0.370 e. The zero-order valence-corrected chi connectivity index (χ0v) is 19.0. The molecule has 0 atom stereocenters. The Bertz CT molecular complexity index is 991. The van der Waals surface area contributed by atoms with Crippen LogP contribution in [0, 0.1) is 16.7 Å². The molecule has 0 radical (unpaired) electrons. The van der Waals surface area contributed by atoms with Crippen LogP contribution in [0.3, 0.4) is 0 Å². The van der Waals surface area contributed by atoms with E-state index in [-0.39, 0.29) is 11.3 Å². The summed E-state index contributed by atoms with van der Waals surface area (Å²) in [6.07, 6.45) is 5.33. The molecule has 158 valence electrons. The third-order valence-corrected chi connectivity index (χ3v) is 7.39. The summed E-state index contributed by atoms with van der Waals surface area (Å²) < 4.78 is 2.27. The summed E-state index contributed by atoms with van der Waals surface area (Å²) >= 11 is 8.04. The van der Waals surface area contributed by atoms with E-state index in [1.165, 1.54) is 0 Å². The van der Waals surface area contributed by atoms with Gasteiger partial charge < -0.3 is 9.80 Å². The van der Waals surface area contributed by atoms with Gasteiger partial charge in [0.15, 0.2) is 0 Å². The van der Waals surface area contributed by atoms with Gasteiger partial charge in [0.05, 0.1) is 28.3 Å². The molecule has 2 aliphatic rings. The van der Waals surface area contributed by atoms with Crippen molar-refractivity contribution in [1.29, 1.82) is 5.26 Å². The first-order valence-electron chi connectivity index (χ1n) is 10.3. The number of piperidine rings is 1. The lowest BCUT2D eigenvalue weighted by atomic mass is 9.81. The Balaban J connectivity index is 1.72. The summed E-state index contributed by atoms with van der Waals surface area (Å²) in [5.41, 5.74) is 2.05. The zero-order chi connectivity index (χ0) is 21.3. The highest BCUT2D eigenvalue weighted by Gasteiger charge is 2.33. The maximum atomic E-state index is 13.5. The second-order valence-electron chi connectivity index (χ2n) is 8.25. The van der Waals surface area contributed by atoms with E-state index in [0.717, 1.165) is 55.6 Å². The van der Waals surface area contributed by atoms with E-state index < -0.39 is 0 Å². The van der Waals surface area contributed by atoms with Crippen LogP contribution in [-0.2, 0) is 0 Å². The molecule has 1 aromatic carbocycles. The number of piperazine rings is 1. The highest BCUT2D eigenvalue weighted by atomic mass is 35.5. The quantitative estimate of drug-likeness (QED) is 0.667. The summed E-state index contributed by atoms with van der Waals surface area (Å²) in [4.78, 5) is 22.3. The summed E-state index contributed by atoms with van der Waals surface area (Å²) in [5, 5.41) is 11.0. The second-order valence-corrected chi connectivity index (χ2v) is 9.56. The van der Waals surface area contributed by atoms with Crippen molar-refractivity contribution < 1.29 is 4.79 Å². The van der Waals surface area contributed by atoms with Gasteiger partial charge in [-0.3, -0.25) is 9.78 Å². The van der Waals surface area contributed by atoms with Gasteiger partial charge in [-0.15, -0.1) is 0 Å². The Morgan fingerprint density at radius 3 is 2.53 bits per heavy atom. The minimum absolute atomic E-state index is 0.0220.